The Kier molecular flexibility index (Phi) is 4.78. The number of hydrogen-bond donors (Lipinski definition) is 2. The summed E-state index contributed by atoms with van der Waals surface area (Å²) in [7, 11) is 0. The molecule has 0 atom stereocenters. The van der Waals surface area contributed by atoms with Crippen LogP contribution < -0.4 is 0 Å². The van der Waals surface area contributed by atoms with Crippen molar-refractivity contribution in [2.75, 3.05) is 6.61 Å². The van der Waals surface area contributed by atoms with Crippen molar-refractivity contribution in [3.63, 3.8) is 0 Å². The summed E-state index contributed by atoms with van der Waals surface area (Å²) in [4.78, 5) is 4.87. The fourth-order valence-electron chi connectivity index (χ4n) is 3.05. The Balaban J connectivity index is 2.18. The summed E-state index contributed by atoms with van der Waals surface area (Å²) in [5, 5.41) is 20.2. The first-order valence-electron chi connectivity index (χ1n) is 8.73. The van der Waals surface area contributed by atoms with E-state index in [0.29, 0.717) is 6.42 Å². The smallest absolute Gasteiger partial charge is 0.116 e. The number of pyridine rings is 1. The number of aromatic nitrogens is 1. The molecule has 0 saturated carbocycles. The summed E-state index contributed by atoms with van der Waals surface area (Å²) in [5.74, 6) is 0.232. The molecule has 0 aliphatic heterocycles. The molecule has 130 valence electrons. The molecule has 1 aromatic heterocycles. The van der Waals surface area contributed by atoms with Crippen LogP contribution in [0.4, 0.5) is 0 Å². The molecule has 1 heterocycles. The number of aliphatic hydroxyl groups excluding tert-OH is 1. The van der Waals surface area contributed by atoms with E-state index in [1.165, 1.54) is 5.56 Å². The predicted molar refractivity (Wildman–Crippen MR) is 103 cm³/mol. The van der Waals surface area contributed by atoms with Crippen LogP contribution in [-0.4, -0.2) is 21.8 Å². The lowest BCUT2D eigenvalue weighted by atomic mass is 9.86. The van der Waals surface area contributed by atoms with E-state index in [1.807, 2.05) is 12.1 Å². The number of rotatable bonds is 4. The quantitative estimate of drug-likeness (QED) is 0.718. The highest BCUT2D eigenvalue weighted by Crippen LogP contribution is 2.31. The van der Waals surface area contributed by atoms with E-state index in [-0.39, 0.29) is 17.8 Å². The van der Waals surface area contributed by atoms with Gasteiger partial charge in [0.15, 0.2) is 0 Å². The molecule has 0 amide bonds. The SMILES string of the molecule is CC(C)(C)c1ccc2nc(-c3cccc(O)c3)c(CCCO)cc2c1. The van der Waals surface area contributed by atoms with Crippen LogP contribution in [0.25, 0.3) is 22.2 Å². The molecule has 25 heavy (non-hydrogen) atoms. The Bertz CT molecular complexity index is 894. The molecule has 0 unspecified atom stereocenters. The third-order valence-corrected chi connectivity index (χ3v) is 4.48. The minimum atomic E-state index is 0.0866. The maximum Gasteiger partial charge on any atom is 0.116 e. The topological polar surface area (TPSA) is 53.4 Å². The van der Waals surface area contributed by atoms with Crippen LogP contribution in [0.15, 0.2) is 48.5 Å². The van der Waals surface area contributed by atoms with Gasteiger partial charge in [-0.15, -0.1) is 0 Å². The summed E-state index contributed by atoms with van der Waals surface area (Å²) in [5.41, 5.74) is 5.18. The number of aliphatic hydroxyl groups is 1. The highest BCUT2D eigenvalue weighted by atomic mass is 16.3. The third kappa shape index (κ3) is 3.83. The number of hydrogen-bond acceptors (Lipinski definition) is 3. The molecule has 0 spiro atoms. The molecule has 3 rings (SSSR count). The van der Waals surface area contributed by atoms with Gasteiger partial charge in [-0.2, -0.15) is 0 Å². The minimum Gasteiger partial charge on any atom is -0.508 e. The first kappa shape index (κ1) is 17.4. The summed E-state index contributed by atoms with van der Waals surface area (Å²) in [6.07, 6.45) is 1.45. The van der Waals surface area contributed by atoms with Gasteiger partial charge in [0.2, 0.25) is 0 Å². The first-order valence-corrected chi connectivity index (χ1v) is 8.73. The molecule has 0 aliphatic carbocycles. The van der Waals surface area contributed by atoms with Crippen molar-refractivity contribution in [1.82, 2.24) is 4.98 Å². The fourth-order valence-corrected chi connectivity index (χ4v) is 3.05. The van der Waals surface area contributed by atoms with Gasteiger partial charge in [-0.1, -0.05) is 39.0 Å². The van der Waals surface area contributed by atoms with Gasteiger partial charge in [-0.3, -0.25) is 0 Å². The molecule has 0 saturated heterocycles. The van der Waals surface area contributed by atoms with Crippen LogP contribution in [0.2, 0.25) is 0 Å². The maximum absolute atomic E-state index is 9.81. The van der Waals surface area contributed by atoms with Gasteiger partial charge in [0.05, 0.1) is 11.2 Å². The zero-order valence-electron chi connectivity index (χ0n) is 15.1. The normalized spacial score (nSPS) is 11.8. The van der Waals surface area contributed by atoms with E-state index < -0.39 is 0 Å². The van der Waals surface area contributed by atoms with Gasteiger partial charge in [-0.05, 0) is 59.7 Å². The Morgan fingerprint density at radius 2 is 1.80 bits per heavy atom. The van der Waals surface area contributed by atoms with E-state index in [9.17, 15) is 10.2 Å². The fraction of sp³-hybridized carbons (Fsp3) is 0.318. The standard InChI is InChI=1S/C22H25NO2/c1-22(2,3)18-9-10-20-17(13-18)12-15(7-5-11-24)21(23-20)16-6-4-8-19(25)14-16/h4,6,8-10,12-14,24-25H,5,7,11H2,1-3H3. The first-order chi connectivity index (χ1) is 11.9. The van der Waals surface area contributed by atoms with Crippen LogP contribution in [-0.2, 0) is 11.8 Å². The zero-order chi connectivity index (χ0) is 18.0. The molecule has 0 bridgehead atoms. The number of aromatic hydroxyl groups is 1. The number of phenols is 1. The van der Waals surface area contributed by atoms with Gasteiger partial charge in [-0.25, -0.2) is 4.98 Å². The molecular weight excluding hydrogens is 310 g/mol. The monoisotopic (exact) mass is 335 g/mol. The summed E-state index contributed by atoms with van der Waals surface area (Å²) < 4.78 is 0. The molecule has 0 fully saturated rings. The second kappa shape index (κ2) is 6.85. The molecular formula is C22H25NO2. The summed E-state index contributed by atoms with van der Waals surface area (Å²) in [6, 6.07) is 15.8. The minimum absolute atomic E-state index is 0.0866. The molecule has 3 heteroatoms. The molecule has 3 nitrogen and oxygen atoms in total. The average molecular weight is 335 g/mol. The zero-order valence-corrected chi connectivity index (χ0v) is 15.1. The summed E-state index contributed by atoms with van der Waals surface area (Å²) in [6.45, 7) is 6.76. The third-order valence-electron chi connectivity index (χ3n) is 4.48. The van der Waals surface area contributed by atoms with Crippen LogP contribution in [0.1, 0.15) is 38.3 Å². The van der Waals surface area contributed by atoms with Crippen molar-refractivity contribution in [3.05, 3.63) is 59.7 Å². The average Bonchev–Trinajstić information content (AvgIpc) is 2.57. The Hall–Kier alpha value is -2.39. The lowest BCUT2D eigenvalue weighted by Gasteiger charge is -2.20. The van der Waals surface area contributed by atoms with Crippen LogP contribution in [0.5, 0.6) is 5.75 Å². The van der Waals surface area contributed by atoms with Crippen LogP contribution in [0, 0.1) is 0 Å². The highest BCUT2D eigenvalue weighted by Gasteiger charge is 2.15. The Morgan fingerprint density at radius 1 is 1.00 bits per heavy atom. The Morgan fingerprint density at radius 3 is 2.48 bits per heavy atom. The number of benzene rings is 2. The maximum atomic E-state index is 9.81. The van der Waals surface area contributed by atoms with E-state index in [4.69, 9.17) is 4.98 Å². The van der Waals surface area contributed by atoms with Crippen molar-refractivity contribution < 1.29 is 10.2 Å². The highest BCUT2D eigenvalue weighted by molar-refractivity contribution is 5.84. The second-order valence-electron chi connectivity index (χ2n) is 7.53. The van der Waals surface area contributed by atoms with E-state index >= 15 is 0 Å². The van der Waals surface area contributed by atoms with Gasteiger partial charge < -0.3 is 10.2 Å². The van der Waals surface area contributed by atoms with Crippen LogP contribution >= 0.6 is 0 Å². The molecule has 2 N–H and O–H groups in total. The predicted octanol–water partition coefficient (Wildman–Crippen LogP) is 4.83. The summed E-state index contributed by atoms with van der Waals surface area (Å²) >= 11 is 0. The van der Waals surface area contributed by atoms with Gasteiger partial charge in [0.1, 0.15) is 5.75 Å². The largest absolute Gasteiger partial charge is 0.508 e. The Labute approximate surface area is 149 Å². The van der Waals surface area contributed by atoms with Gasteiger partial charge >= 0.3 is 0 Å². The molecule has 0 radical (unpaired) electrons. The molecule has 2 aromatic carbocycles. The number of fused-ring (bicyclic) bond motifs is 1. The van der Waals surface area contributed by atoms with Gasteiger partial charge in [0, 0.05) is 17.6 Å². The number of phenolic OH excluding ortho intramolecular Hbond substituents is 1. The van der Waals surface area contributed by atoms with Crippen molar-refractivity contribution >= 4 is 10.9 Å². The van der Waals surface area contributed by atoms with E-state index in [2.05, 4.69) is 45.0 Å². The number of nitrogens with zero attached hydrogens (tertiary/aromatic N) is 1. The second-order valence-corrected chi connectivity index (χ2v) is 7.53. The van der Waals surface area contributed by atoms with E-state index in [1.54, 1.807) is 12.1 Å². The number of aryl methyl sites for hydroxylation is 1. The van der Waals surface area contributed by atoms with Crippen molar-refractivity contribution in [1.29, 1.82) is 0 Å². The lowest BCUT2D eigenvalue weighted by Crippen LogP contribution is -2.10. The molecule has 3 aromatic rings. The van der Waals surface area contributed by atoms with Crippen molar-refractivity contribution in [3.8, 4) is 17.0 Å². The van der Waals surface area contributed by atoms with Crippen molar-refractivity contribution in [2.45, 2.75) is 39.0 Å². The molecule has 0 aliphatic rings. The van der Waals surface area contributed by atoms with E-state index in [0.717, 1.165) is 34.1 Å². The van der Waals surface area contributed by atoms with Crippen molar-refractivity contribution in [2.24, 2.45) is 0 Å². The van der Waals surface area contributed by atoms with Gasteiger partial charge in [0.25, 0.3) is 0 Å². The lowest BCUT2D eigenvalue weighted by molar-refractivity contribution is 0.288. The van der Waals surface area contributed by atoms with Crippen LogP contribution in [0.3, 0.4) is 0 Å².